The fourth-order valence-corrected chi connectivity index (χ4v) is 5.14. The van der Waals surface area contributed by atoms with Crippen LogP contribution in [0.15, 0.2) is 35.4 Å². The first-order valence-electron chi connectivity index (χ1n) is 11.2. The van der Waals surface area contributed by atoms with Gasteiger partial charge in [-0.2, -0.15) is 4.31 Å². The highest BCUT2D eigenvalue weighted by molar-refractivity contribution is 7.89. The third-order valence-corrected chi connectivity index (χ3v) is 8.09. The Labute approximate surface area is 205 Å². The van der Waals surface area contributed by atoms with Gasteiger partial charge < -0.3 is 14.7 Å². The Bertz CT molecular complexity index is 1060. The van der Waals surface area contributed by atoms with Gasteiger partial charge in [0.1, 0.15) is 5.69 Å². The molecule has 2 bridgehead atoms. The molecule has 0 spiro atoms. The standard InChI is InChI=1S/C22H32ClN5O5S/c1-16-11-28(17(2)14-29)22(30)5-4-10-27-12-19(24-25-27)15-33-21(16)13-26(3)34(31,32)20-8-6-18(23)7-9-20/h6-9,12,16-17,21,29H,4-5,10-11,13-15H2,1-3H3/t16-,17+,21-/m0/s1. The van der Waals surface area contributed by atoms with Crippen LogP contribution in [-0.2, 0) is 32.7 Å². The largest absolute Gasteiger partial charge is 0.394 e. The van der Waals surface area contributed by atoms with Gasteiger partial charge in [0.05, 0.1) is 36.5 Å². The number of ether oxygens (including phenoxy) is 1. The van der Waals surface area contributed by atoms with Gasteiger partial charge in [-0.25, -0.2) is 8.42 Å². The molecule has 10 nitrogen and oxygen atoms in total. The van der Waals surface area contributed by atoms with Gasteiger partial charge in [-0.05, 0) is 37.6 Å². The van der Waals surface area contributed by atoms with E-state index in [1.807, 2.05) is 6.92 Å². The second-order valence-electron chi connectivity index (χ2n) is 8.72. The van der Waals surface area contributed by atoms with Crippen molar-refractivity contribution in [3.05, 3.63) is 41.2 Å². The second-order valence-corrected chi connectivity index (χ2v) is 11.2. The third kappa shape index (κ3) is 6.54. The summed E-state index contributed by atoms with van der Waals surface area (Å²) in [5.74, 6) is -0.300. The monoisotopic (exact) mass is 513 g/mol. The molecule has 1 N–H and O–H groups in total. The Morgan fingerprint density at radius 3 is 2.71 bits per heavy atom. The summed E-state index contributed by atoms with van der Waals surface area (Å²) in [5.41, 5.74) is 0.631. The molecule has 1 aromatic carbocycles. The van der Waals surface area contributed by atoms with Crippen LogP contribution < -0.4 is 0 Å². The van der Waals surface area contributed by atoms with Crippen LogP contribution in [0.5, 0.6) is 0 Å². The number of benzene rings is 1. The minimum absolute atomic E-state index is 0.0653. The van der Waals surface area contributed by atoms with Crippen molar-refractivity contribution in [3.63, 3.8) is 0 Å². The first-order chi connectivity index (χ1) is 16.1. The molecule has 0 fully saturated rings. The molecular weight excluding hydrogens is 482 g/mol. The van der Waals surface area contributed by atoms with E-state index in [9.17, 15) is 18.3 Å². The van der Waals surface area contributed by atoms with Gasteiger partial charge in [0, 0.05) is 44.0 Å². The number of rotatable bonds is 6. The van der Waals surface area contributed by atoms with E-state index in [0.29, 0.717) is 36.6 Å². The molecule has 1 aromatic heterocycles. The highest BCUT2D eigenvalue weighted by Crippen LogP contribution is 2.21. The van der Waals surface area contributed by atoms with Crippen LogP contribution in [0.4, 0.5) is 0 Å². The van der Waals surface area contributed by atoms with E-state index in [-0.39, 0.29) is 42.5 Å². The van der Waals surface area contributed by atoms with Crippen LogP contribution in [0.2, 0.25) is 5.02 Å². The first-order valence-corrected chi connectivity index (χ1v) is 13.1. The van der Waals surface area contributed by atoms with Crippen molar-refractivity contribution in [1.82, 2.24) is 24.2 Å². The normalized spacial score (nSPS) is 21.6. The molecule has 0 unspecified atom stereocenters. The van der Waals surface area contributed by atoms with Gasteiger partial charge in [0.25, 0.3) is 0 Å². The summed E-state index contributed by atoms with van der Waals surface area (Å²) in [6.07, 6.45) is 2.13. The van der Waals surface area contributed by atoms with E-state index in [0.717, 1.165) is 0 Å². The van der Waals surface area contributed by atoms with Crippen molar-refractivity contribution in [2.24, 2.45) is 5.92 Å². The van der Waals surface area contributed by atoms with Crippen LogP contribution in [0.1, 0.15) is 32.4 Å². The lowest BCUT2D eigenvalue weighted by atomic mass is 10.0. The molecule has 188 valence electrons. The lowest BCUT2D eigenvalue weighted by molar-refractivity contribution is -0.136. The average molecular weight is 514 g/mol. The van der Waals surface area contributed by atoms with Crippen molar-refractivity contribution in [2.75, 3.05) is 26.7 Å². The van der Waals surface area contributed by atoms with Crippen LogP contribution in [0, 0.1) is 5.92 Å². The molecule has 2 aromatic rings. The summed E-state index contributed by atoms with van der Waals surface area (Å²) < 4.78 is 35.3. The quantitative estimate of drug-likeness (QED) is 0.625. The lowest BCUT2D eigenvalue weighted by Gasteiger charge is -2.35. The summed E-state index contributed by atoms with van der Waals surface area (Å²) >= 11 is 5.91. The third-order valence-electron chi connectivity index (χ3n) is 6.00. The van der Waals surface area contributed by atoms with Crippen LogP contribution in [0.3, 0.4) is 0 Å². The fraction of sp³-hybridized carbons (Fsp3) is 0.591. The number of fused-ring (bicyclic) bond motifs is 2. The van der Waals surface area contributed by atoms with Crippen LogP contribution >= 0.6 is 11.6 Å². The number of amides is 1. The Kier molecular flexibility index (Phi) is 9.05. The molecule has 2 heterocycles. The number of aryl methyl sites for hydroxylation is 1. The topological polar surface area (TPSA) is 118 Å². The Morgan fingerprint density at radius 2 is 2.03 bits per heavy atom. The van der Waals surface area contributed by atoms with Gasteiger partial charge in [-0.1, -0.05) is 23.7 Å². The zero-order valence-corrected chi connectivity index (χ0v) is 21.2. The molecule has 1 amide bonds. The van der Waals surface area contributed by atoms with Crippen molar-refractivity contribution in [2.45, 2.75) is 56.9 Å². The van der Waals surface area contributed by atoms with E-state index < -0.39 is 16.1 Å². The predicted molar refractivity (Wildman–Crippen MR) is 127 cm³/mol. The van der Waals surface area contributed by atoms with Crippen LogP contribution in [0.25, 0.3) is 0 Å². The van der Waals surface area contributed by atoms with E-state index in [1.165, 1.54) is 35.6 Å². The number of sulfonamides is 1. The maximum atomic E-state index is 13.1. The summed E-state index contributed by atoms with van der Waals surface area (Å²) in [6.45, 7) is 4.63. The van der Waals surface area contributed by atoms with E-state index in [2.05, 4.69) is 10.3 Å². The van der Waals surface area contributed by atoms with Crippen molar-refractivity contribution in [3.8, 4) is 0 Å². The second kappa shape index (κ2) is 11.6. The lowest BCUT2D eigenvalue weighted by Crippen LogP contribution is -2.47. The fourth-order valence-electron chi connectivity index (χ4n) is 3.83. The number of hydrogen-bond donors (Lipinski definition) is 1. The maximum Gasteiger partial charge on any atom is 0.242 e. The predicted octanol–water partition coefficient (Wildman–Crippen LogP) is 1.78. The molecule has 12 heteroatoms. The molecule has 0 aliphatic carbocycles. The SMILES string of the molecule is C[C@H](CO)N1C[C@H](C)[C@H](CN(C)S(=O)(=O)c2ccc(Cl)cc2)OCc2cn(nn2)CCCC1=O. The summed E-state index contributed by atoms with van der Waals surface area (Å²) in [7, 11) is -2.28. The van der Waals surface area contributed by atoms with Gasteiger partial charge in [0.15, 0.2) is 0 Å². The van der Waals surface area contributed by atoms with Crippen LogP contribution in [-0.4, -0.2) is 82.5 Å². The molecule has 0 radical (unpaired) electrons. The van der Waals surface area contributed by atoms with Crippen molar-refractivity contribution >= 4 is 27.5 Å². The number of likely N-dealkylation sites (N-methyl/N-ethyl adjacent to an activating group) is 1. The number of aliphatic hydroxyl groups is 1. The molecule has 0 saturated carbocycles. The van der Waals surface area contributed by atoms with E-state index in [1.54, 1.807) is 22.7 Å². The number of nitrogens with zero attached hydrogens (tertiary/aromatic N) is 5. The minimum Gasteiger partial charge on any atom is -0.394 e. The van der Waals surface area contributed by atoms with E-state index in [4.69, 9.17) is 16.3 Å². The van der Waals surface area contributed by atoms with Gasteiger partial charge in [-0.15, -0.1) is 5.10 Å². The molecule has 0 saturated heterocycles. The molecule has 1 aliphatic heterocycles. The molecule has 3 rings (SSSR count). The minimum atomic E-state index is -3.78. The number of carbonyl (C=O) groups excluding carboxylic acids is 1. The van der Waals surface area contributed by atoms with Crippen molar-refractivity contribution < 1.29 is 23.1 Å². The Morgan fingerprint density at radius 1 is 1.32 bits per heavy atom. The number of hydrogen-bond acceptors (Lipinski definition) is 7. The Balaban J connectivity index is 1.85. The zero-order chi connectivity index (χ0) is 24.9. The van der Waals surface area contributed by atoms with Crippen molar-refractivity contribution in [1.29, 1.82) is 0 Å². The Hall–Kier alpha value is -2.05. The number of carbonyl (C=O) groups is 1. The van der Waals surface area contributed by atoms with Gasteiger partial charge >= 0.3 is 0 Å². The maximum absolute atomic E-state index is 13.1. The first kappa shape index (κ1) is 26.6. The average Bonchev–Trinajstić information content (AvgIpc) is 3.26. The molecule has 34 heavy (non-hydrogen) atoms. The van der Waals surface area contributed by atoms with Gasteiger partial charge in [0.2, 0.25) is 15.9 Å². The van der Waals surface area contributed by atoms with E-state index >= 15 is 0 Å². The molecular formula is C22H32ClN5O5S. The summed E-state index contributed by atoms with van der Waals surface area (Å²) in [4.78, 5) is 14.7. The zero-order valence-electron chi connectivity index (χ0n) is 19.7. The highest BCUT2D eigenvalue weighted by Gasteiger charge is 2.31. The number of aliphatic hydroxyl groups excluding tert-OH is 1. The smallest absolute Gasteiger partial charge is 0.242 e. The van der Waals surface area contributed by atoms with Gasteiger partial charge in [-0.3, -0.25) is 9.48 Å². The number of halogens is 1. The molecule has 3 atom stereocenters. The highest BCUT2D eigenvalue weighted by atomic mass is 35.5. The molecule has 1 aliphatic rings. The number of aromatic nitrogens is 3. The summed E-state index contributed by atoms with van der Waals surface area (Å²) in [5, 5.41) is 18.4. The summed E-state index contributed by atoms with van der Waals surface area (Å²) in [6, 6.07) is 5.62.